The number of hydrogen-bond acceptors (Lipinski definition) is 6. The Morgan fingerprint density at radius 3 is 1.94 bits per heavy atom. The Balaban J connectivity index is 0.00000648. The van der Waals surface area contributed by atoms with Crippen molar-refractivity contribution in [2.75, 3.05) is 0 Å². The molecule has 36 heavy (non-hydrogen) atoms. The first-order valence-electron chi connectivity index (χ1n) is 13.1. The van der Waals surface area contributed by atoms with Gasteiger partial charge in [0.05, 0.1) is 6.21 Å². The first-order chi connectivity index (χ1) is 16.9. The van der Waals surface area contributed by atoms with Gasteiger partial charge in [0, 0.05) is 0 Å². The molecule has 0 aliphatic heterocycles. The second-order valence-corrected chi connectivity index (χ2v) is 11.2. The first-order valence-corrected chi connectivity index (χ1v) is 15.0. The zero-order valence-corrected chi connectivity index (χ0v) is 25.7. The molecule has 0 radical (unpaired) electrons. The van der Waals surface area contributed by atoms with Gasteiger partial charge in [-0.05, 0) is 24.2 Å². The third kappa shape index (κ3) is 13.1. The van der Waals surface area contributed by atoms with E-state index in [9.17, 15) is 13.0 Å². The molecule has 1 atom stereocenters. The van der Waals surface area contributed by atoms with Crippen LogP contribution in [0.4, 0.5) is 0 Å². The van der Waals surface area contributed by atoms with E-state index in [4.69, 9.17) is 12.2 Å². The zero-order valence-electron chi connectivity index (χ0n) is 22.0. The Bertz CT molecular complexity index is 1020. The van der Waals surface area contributed by atoms with E-state index >= 15 is 0 Å². The molecule has 0 aliphatic carbocycles. The van der Waals surface area contributed by atoms with Crippen molar-refractivity contribution in [1.82, 2.24) is 14.9 Å². The summed E-state index contributed by atoms with van der Waals surface area (Å²) < 4.78 is 37.5. The smallest absolute Gasteiger partial charge is 0.747 e. The van der Waals surface area contributed by atoms with E-state index in [-0.39, 0.29) is 46.6 Å². The summed E-state index contributed by atoms with van der Waals surface area (Å²) in [5, 5.41) is 9.61. The van der Waals surface area contributed by atoms with Crippen LogP contribution in [0, 0.1) is 4.77 Å². The number of rotatable bonds is 19. The van der Waals surface area contributed by atoms with Gasteiger partial charge in [-0.25, -0.2) is 8.42 Å². The monoisotopic (exact) mass is 544 g/mol. The molecular weight excluding hydrogens is 503 g/mol. The number of H-pyrrole nitrogens is 1. The van der Waals surface area contributed by atoms with Gasteiger partial charge in [-0.15, -0.1) is 0 Å². The molecule has 2 aromatic rings. The molecule has 0 saturated heterocycles. The van der Waals surface area contributed by atoms with Crippen LogP contribution in [0.25, 0.3) is 0 Å². The molecular formula is C26H41N4NaO3S2. The molecule has 196 valence electrons. The van der Waals surface area contributed by atoms with Gasteiger partial charge >= 0.3 is 29.6 Å². The zero-order chi connectivity index (χ0) is 25.4. The molecule has 7 nitrogen and oxygen atoms in total. The van der Waals surface area contributed by atoms with Crippen molar-refractivity contribution in [2.24, 2.45) is 5.10 Å². The summed E-state index contributed by atoms with van der Waals surface area (Å²) in [6.45, 7) is 2.25. The summed E-state index contributed by atoms with van der Waals surface area (Å²) in [6.07, 6.45) is 18.7. The van der Waals surface area contributed by atoms with Gasteiger partial charge in [0.15, 0.2) is 5.82 Å². The predicted octanol–water partition coefficient (Wildman–Crippen LogP) is 4.28. The van der Waals surface area contributed by atoms with Crippen molar-refractivity contribution in [1.29, 1.82) is 0 Å². The predicted molar refractivity (Wildman–Crippen MR) is 144 cm³/mol. The maximum Gasteiger partial charge on any atom is 1.00 e. The first kappa shape index (κ1) is 33.2. The molecule has 1 N–H and O–H groups in total. The van der Waals surface area contributed by atoms with Gasteiger partial charge in [0.1, 0.15) is 15.4 Å². The van der Waals surface area contributed by atoms with Crippen molar-refractivity contribution < 1.29 is 42.5 Å². The van der Waals surface area contributed by atoms with Crippen LogP contribution in [-0.4, -0.2) is 34.1 Å². The van der Waals surface area contributed by atoms with Crippen LogP contribution in [0.2, 0.25) is 0 Å². The SMILES string of the molecule is CCCCCCCCCCCCCCCCC(c1n[nH]c(=S)n1/N=C/c1ccccc1)S(=O)(=O)[O-].[Na+]. The Hall–Kier alpha value is -0.840. The number of aromatic amines is 1. The molecule has 0 spiro atoms. The van der Waals surface area contributed by atoms with Crippen molar-refractivity contribution in [3.63, 3.8) is 0 Å². The Morgan fingerprint density at radius 1 is 0.944 bits per heavy atom. The standard InChI is InChI=1S/C26H42N4O3S2.Na/c1-2-3-4-5-6-7-8-9-10-11-12-13-14-18-21-24(35(31,32)33)25-28-29-26(34)30(25)27-22-23-19-16-15-17-20-23;/h15-17,19-20,22,24H,2-14,18,21H2,1H3,(H,29,34)(H,31,32,33);/q;+1/p-1/b27-22+;. The summed E-state index contributed by atoms with van der Waals surface area (Å²) in [5.74, 6) is 0.0480. The van der Waals surface area contributed by atoms with Crippen LogP contribution in [0.1, 0.15) is 120 Å². The van der Waals surface area contributed by atoms with Crippen molar-refractivity contribution in [2.45, 2.75) is 108 Å². The molecule has 10 heteroatoms. The molecule has 0 fully saturated rings. The fourth-order valence-corrected chi connectivity index (χ4v) is 5.27. The van der Waals surface area contributed by atoms with E-state index in [1.165, 1.54) is 68.9 Å². The Kier molecular flexibility index (Phi) is 17.8. The average Bonchev–Trinajstić information content (AvgIpc) is 3.19. The van der Waals surface area contributed by atoms with E-state index in [0.717, 1.165) is 24.8 Å². The van der Waals surface area contributed by atoms with Crippen LogP contribution in [0.15, 0.2) is 35.4 Å². The molecule has 0 bridgehead atoms. The quantitative estimate of drug-likeness (QED) is 0.0935. The molecule has 1 unspecified atom stereocenters. The minimum atomic E-state index is -4.60. The minimum Gasteiger partial charge on any atom is -0.747 e. The van der Waals surface area contributed by atoms with E-state index < -0.39 is 15.4 Å². The van der Waals surface area contributed by atoms with Crippen molar-refractivity contribution in [3.8, 4) is 0 Å². The van der Waals surface area contributed by atoms with Crippen LogP contribution < -0.4 is 29.6 Å². The molecule has 1 aromatic heterocycles. The second kappa shape index (κ2) is 19.3. The van der Waals surface area contributed by atoms with E-state index in [1.807, 2.05) is 30.3 Å². The van der Waals surface area contributed by atoms with Gasteiger partial charge < -0.3 is 4.55 Å². The number of aromatic nitrogens is 3. The summed E-state index contributed by atoms with van der Waals surface area (Å²) in [5.41, 5.74) is 0.829. The third-order valence-corrected chi connectivity index (χ3v) is 7.66. The maximum absolute atomic E-state index is 12.0. The number of benzene rings is 1. The van der Waals surface area contributed by atoms with E-state index in [2.05, 4.69) is 22.2 Å². The molecule has 1 aromatic carbocycles. The van der Waals surface area contributed by atoms with Gasteiger partial charge in [-0.3, -0.25) is 5.10 Å². The van der Waals surface area contributed by atoms with Gasteiger partial charge in [-0.2, -0.15) is 14.9 Å². The topological polar surface area (TPSA) is 103 Å². The summed E-state index contributed by atoms with van der Waals surface area (Å²) in [6, 6.07) is 9.37. The molecule has 0 aliphatic rings. The summed E-state index contributed by atoms with van der Waals surface area (Å²) >= 11 is 5.21. The Morgan fingerprint density at radius 2 is 1.44 bits per heavy atom. The number of hydrogen-bond donors (Lipinski definition) is 1. The minimum absolute atomic E-state index is 0. The number of nitrogens with zero attached hydrogens (tertiary/aromatic N) is 3. The molecule has 1 heterocycles. The van der Waals surface area contributed by atoms with Gasteiger partial charge in [0.25, 0.3) is 0 Å². The maximum atomic E-state index is 12.0. The molecule has 0 amide bonds. The number of unbranched alkanes of at least 4 members (excludes halogenated alkanes) is 13. The summed E-state index contributed by atoms with van der Waals surface area (Å²) in [7, 11) is -4.60. The van der Waals surface area contributed by atoms with Gasteiger partial charge in [0.2, 0.25) is 4.77 Å². The van der Waals surface area contributed by atoms with Gasteiger partial charge in [-0.1, -0.05) is 127 Å². The van der Waals surface area contributed by atoms with Crippen LogP contribution in [-0.2, 0) is 10.1 Å². The number of nitrogens with one attached hydrogen (secondary N) is 1. The second-order valence-electron chi connectivity index (χ2n) is 9.22. The van der Waals surface area contributed by atoms with Crippen LogP contribution in [0.5, 0.6) is 0 Å². The van der Waals surface area contributed by atoms with Crippen molar-refractivity contribution in [3.05, 3.63) is 46.5 Å². The van der Waals surface area contributed by atoms with E-state index in [1.54, 1.807) is 6.21 Å². The van der Waals surface area contributed by atoms with Crippen molar-refractivity contribution >= 4 is 28.6 Å². The van der Waals surface area contributed by atoms with Crippen LogP contribution in [0.3, 0.4) is 0 Å². The molecule has 2 rings (SSSR count). The summed E-state index contributed by atoms with van der Waals surface area (Å²) in [4.78, 5) is 0. The van der Waals surface area contributed by atoms with Crippen LogP contribution >= 0.6 is 12.2 Å². The molecule has 0 saturated carbocycles. The third-order valence-electron chi connectivity index (χ3n) is 6.25. The fraction of sp³-hybridized carbons (Fsp3) is 0.654. The Labute approximate surface area is 244 Å². The largest absolute Gasteiger partial charge is 1.00 e. The normalized spacial score (nSPS) is 12.6. The van der Waals surface area contributed by atoms with E-state index in [0.29, 0.717) is 6.42 Å². The average molecular weight is 545 g/mol. The fourth-order valence-electron chi connectivity index (χ4n) is 4.21.